The molecule has 2 amide bonds. The molecule has 2 aromatic heterocycles. The second-order valence-corrected chi connectivity index (χ2v) is 8.07. The molecule has 3 heterocycles. The summed E-state index contributed by atoms with van der Waals surface area (Å²) in [5, 5.41) is 10.9. The van der Waals surface area contributed by atoms with Gasteiger partial charge in [-0.1, -0.05) is 12.1 Å². The van der Waals surface area contributed by atoms with Crippen LogP contribution in [0.15, 0.2) is 24.4 Å². The Kier molecular flexibility index (Phi) is 6.99. The number of likely N-dealkylation sites (tertiary alicyclic amines) is 1. The average molecular weight is 472 g/mol. The van der Waals surface area contributed by atoms with Gasteiger partial charge in [0, 0.05) is 25.2 Å². The highest BCUT2D eigenvalue weighted by atomic mass is 19.2. The number of nitrogens with zero attached hydrogens (tertiary/aromatic N) is 5. The lowest BCUT2D eigenvalue weighted by atomic mass is 10.0. The number of carbonyl (C=O) groups is 2. The Hall–Kier alpha value is -3.63. The van der Waals surface area contributed by atoms with Crippen LogP contribution in [0.25, 0.3) is 22.3 Å². The molecule has 3 aromatic rings. The first-order valence-corrected chi connectivity index (χ1v) is 11.3. The van der Waals surface area contributed by atoms with E-state index in [1.54, 1.807) is 22.6 Å². The SMILES string of the molecule is CCCOC(=O)N1CCC(n2nnc3cc(-c4ccc(C(=O)NCC)c(F)c4F)ncc32)CC1. The lowest BCUT2D eigenvalue weighted by Crippen LogP contribution is -2.39. The van der Waals surface area contributed by atoms with Crippen molar-refractivity contribution >= 4 is 23.0 Å². The number of hydrogen-bond acceptors (Lipinski definition) is 6. The van der Waals surface area contributed by atoms with Crippen molar-refractivity contribution in [3.05, 3.63) is 41.6 Å². The smallest absolute Gasteiger partial charge is 0.409 e. The van der Waals surface area contributed by atoms with E-state index < -0.39 is 17.5 Å². The van der Waals surface area contributed by atoms with Gasteiger partial charge in [-0.3, -0.25) is 9.78 Å². The molecule has 0 atom stereocenters. The Balaban J connectivity index is 1.53. The first kappa shape index (κ1) is 23.5. The van der Waals surface area contributed by atoms with E-state index in [0.717, 1.165) is 6.42 Å². The van der Waals surface area contributed by atoms with E-state index in [4.69, 9.17) is 4.74 Å². The Morgan fingerprint density at radius 3 is 2.65 bits per heavy atom. The van der Waals surface area contributed by atoms with Gasteiger partial charge >= 0.3 is 6.09 Å². The minimum atomic E-state index is -1.22. The summed E-state index contributed by atoms with van der Waals surface area (Å²) in [4.78, 5) is 30.0. The van der Waals surface area contributed by atoms with Crippen LogP contribution in [0.4, 0.5) is 13.6 Å². The van der Waals surface area contributed by atoms with Crippen LogP contribution in [-0.2, 0) is 4.74 Å². The van der Waals surface area contributed by atoms with Gasteiger partial charge in [0.1, 0.15) is 11.0 Å². The molecule has 0 aliphatic carbocycles. The molecule has 0 saturated carbocycles. The maximum Gasteiger partial charge on any atom is 0.409 e. The van der Waals surface area contributed by atoms with Crippen molar-refractivity contribution in [1.82, 2.24) is 30.2 Å². The number of carbonyl (C=O) groups excluding carboxylic acids is 2. The first-order chi connectivity index (χ1) is 16.4. The van der Waals surface area contributed by atoms with Crippen molar-refractivity contribution in [2.45, 2.75) is 39.2 Å². The molecule has 1 aliphatic rings. The molecule has 0 spiro atoms. The summed E-state index contributed by atoms with van der Waals surface area (Å²) in [6, 6.07) is 4.13. The van der Waals surface area contributed by atoms with Crippen LogP contribution in [0.5, 0.6) is 0 Å². The van der Waals surface area contributed by atoms with Crippen molar-refractivity contribution in [1.29, 1.82) is 0 Å². The number of pyridine rings is 1. The highest BCUT2D eigenvalue weighted by Gasteiger charge is 2.27. The molecule has 11 heteroatoms. The average Bonchev–Trinajstić information content (AvgIpc) is 3.27. The van der Waals surface area contributed by atoms with E-state index in [2.05, 4.69) is 20.6 Å². The second kappa shape index (κ2) is 10.1. The molecule has 0 unspecified atom stereocenters. The highest BCUT2D eigenvalue weighted by molar-refractivity contribution is 5.95. The van der Waals surface area contributed by atoms with E-state index in [9.17, 15) is 18.4 Å². The Bertz CT molecular complexity index is 1210. The molecular formula is C23H26F2N6O3. The molecule has 1 aromatic carbocycles. The largest absolute Gasteiger partial charge is 0.449 e. The van der Waals surface area contributed by atoms with Crippen molar-refractivity contribution in [3.63, 3.8) is 0 Å². The number of hydrogen-bond donors (Lipinski definition) is 1. The number of fused-ring (bicyclic) bond motifs is 1. The summed E-state index contributed by atoms with van der Waals surface area (Å²) in [5.74, 6) is -3.05. The maximum atomic E-state index is 14.7. The highest BCUT2D eigenvalue weighted by Crippen LogP contribution is 2.29. The van der Waals surface area contributed by atoms with Crippen molar-refractivity contribution in [2.75, 3.05) is 26.2 Å². The fraction of sp³-hybridized carbons (Fsp3) is 0.435. The van der Waals surface area contributed by atoms with Gasteiger partial charge in [0.25, 0.3) is 5.91 Å². The van der Waals surface area contributed by atoms with Crippen LogP contribution in [0.3, 0.4) is 0 Å². The van der Waals surface area contributed by atoms with Crippen molar-refractivity contribution in [2.24, 2.45) is 0 Å². The van der Waals surface area contributed by atoms with Gasteiger partial charge in [-0.15, -0.1) is 5.10 Å². The van der Waals surface area contributed by atoms with Crippen LogP contribution >= 0.6 is 0 Å². The van der Waals surface area contributed by atoms with Gasteiger partial charge in [0.15, 0.2) is 11.6 Å². The van der Waals surface area contributed by atoms with Crippen LogP contribution in [0.1, 0.15) is 49.5 Å². The summed E-state index contributed by atoms with van der Waals surface area (Å²) in [7, 11) is 0. The molecule has 0 bridgehead atoms. The van der Waals surface area contributed by atoms with E-state index >= 15 is 0 Å². The Morgan fingerprint density at radius 2 is 1.94 bits per heavy atom. The predicted molar refractivity (Wildman–Crippen MR) is 120 cm³/mol. The minimum absolute atomic E-state index is 0.0263. The number of aromatic nitrogens is 4. The third-order valence-corrected chi connectivity index (χ3v) is 5.80. The zero-order valence-electron chi connectivity index (χ0n) is 19.1. The fourth-order valence-corrected chi connectivity index (χ4v) is 4.01. The number of benzene rings is 1. The molecule has 1 aliphatic heterocycles. The van der Waals surface area contributed by atoms with Crippen LogP contribution in [0.2, 0.25) is 0 Å². The van der Waals surface area contributed by atoms with Gasteiger partial charge in [0.2, 0.25) is 0 Å². The van der Waals surface area contributed by atoms with Gasteiger partial charge < -0.3 is 15.0 Å². The number of nitrogens with one attached hydrogen (secondary N) is 1. The number of amides is 2. The quantitative estimate of drug-likeness (QED) is 0.587. The Labute approximate surface area is 195 Å². The van der Waals surface area contributed by atoms with Crippen LogP contribution in [0, 0.1) is 11.6 Å². The predicted octanol–water partition coefficient (Wildman–Crippen LogP) is 3.70. The van der Waals surface area contributed by atoms with Crippen LogP contribution < -0.4 is 5.32 Å². The molecule has 4 rings (SSSR count). The maximum absolute atomic E-state index is 14.7. The normalized spacial score (nSPS) is 14.4. The molecule has 1 fully saturated rings. The van der Waals surface area contributed by atoms with Crippen molar-refractivity contribution < 1.29 is 23.1 Å². The third kappa shape index (κ3) is 4.55. The van der Waals surface area contributed by atoms with E-state index in [0.29, 0.717) is 50.1 Å². The zero-order chi connectivity index (χ0) is 24.2. The van der Waals surface area contributed by atoms with Gasteiger partial charge in [-0.25, -0.2) is 18.3 Å². The first-order valence-electron chi connectivity index (χ1n) is 11.3. The summed E-state index contributed by atoms with van der Waals surface area (Å²) in [5.41, 5.74) is 0.908. The number of ether oxygens (including phenoxy) is 1. The fourth-order valence-electron chi connectivity index (χ4n) is 4.01. The van der Waals surface area contributed by atoms with Crippen LogP contribution in [-0.4, -0.2) is 63.1 Å². The van der Waals surface area contributed by atoms with Gasteiger partial charge in [-0.2, -0.15) is 0 Å². The lowest BCUT2D eigenvalue weighted by molar-refractivity contribution is 0.0877. The molecule has 34 heavy (non-hydrogen) atoms. The standard InChI is InChI=1S/C23H26F2N6O3/c1-3-11-34-23(33)30-9-7-14(8-10-30)31-19-13-27-17(12-18(19)28-29-31)15-5-6-16(21(25)20(15)24)22(32)26-4-2/h5-6,12-14H,3-4,7-11H2,1-2H3,(H,26,32). The number of piperidine rings is 1. The molecule has 1 N–H and O–H groups in total. The van der Waals surface area contributed by atoms with Crippen molar-refractivity contribution in [3.8, 4) is 11.3 Å². The second-order valence-electron chi connectivity index (χ2n) is 8.07. The molecule has 9 nitrogen and oxygen atoms in total. The van der Waals surface area contributed by atoms with Gasteiger partial charge in [-0.05, 0) is 44.4 Å². The molecule has 1 saturated heterocycles. The van der Waals surface area contributed by atoms with E-state index in [-0.39, 0.29) is 29.0 Å². The monoisotopic (exact) mass is 472 g/mol. The van der Waals surface area contributed by atoms with E-state index in [1.807, 2.05) is 6.92 Å². The molecule has 0 radical (unpaired) electrons. The molecule has 180 valence electrons. The topological polar surface area (TPSA) is 102 Å². The van der Waals surface area contributed by atoms with Gasteiger partial charge in [0.05, 0.1) is 30.1 Å². The minimum Gasteiger partial charge on any atom is -0.449 e. The number of halogens is 2. The number of rotatable bonds is 6. The lowest BCUT2D eigenvalue weighted by Gasteiger charge is -2.31. The summed E-state index contributed by atoms with van der Waals surface area (Å²) >= 11 is 0. The molecular weight excluding hydrogens is 446 g/mol. The van der Waals surface area contributed by atoms with E-state index in [1.165, 1.54) is 18.3 Å². The zero-order valence-corrected chi connectivity index (χ0v) is 19.1. The Morgan fingerprint density at radius 1 is 1.18 bits per heavy atom. The third-order valence-electron chi connectivity index (χ3n) is 5.80. The summed E-state index contributed by atoms with van der Waals surface area (Å²) < 4.78 is 36.2. The summed E-state index contributed by atoms with van der Waals surface area (Å²) in [6.45, 7) is 5.43. The summed E-state index contributed by atoms with van der Waals surface area (Å²) in [6.07, 6.45) is 3.37.